The third kappa shape index (κ3) is 5.05. The number of nitrogens with zero attached hydrogens (tertiary/aromatic N) is 2. The van der Waals surface area contributed by atoms with Crippen molar-refractivity contribution in [3.05, 3.63) is 33.9 Å². The van der Waals surface area contributed by atoms with E-state index in [0.717, 1.165) is 19.3 Å². The van der Waals surface area contributed by atoms with Gasteiger partial charge in [0.2, 0.25) is 5.91 Å². The summed E-state index contributed by atoms with van der Waals surface area (Å²) < 4.78 is 0. The van der Waals surface area contributed by atoms with Crippen molar-refractivity contribution in [3.8, 4) is 5.75 Å². The quantitative estimate of drug-likeness (QED) is 0.346. The number of phenols is 1. The number of carbonyl (C=O) groups excluding carboxylic acids is 1. The standard InChI is InChI=1S/C13H17N3O4/c1-2-3-4-5-13(18)15-14-9-10-8-11(16(19)20)6-7-12(10)17/h6-9,17H,2-5H2,1H3,(H,15,18)/b14-9-. The van der Waals surface area contributed by atoms with Crippen molar-refractivity contribution in [2.24, 2.45) is 5.10 Å². The van der Waals surface area contributed by atoms with Crippen LogP contribution in [0.5, 0.6) is 5.75 Å². The van der Waals surface area contributed by atoms with Crippen molar-refractivity contribution in [1.29, 1.82) is 0 Å². The molecule has 1 rings (SSSR count). The van der Waals surface area contributed by atoms with Gasteiger partial charge in [0.1, 0.15) is 5.75 Å². The average molecular weight is 279 g/mol. The van der Waals surface area contributed by atoms with Crippen LogP contribution in [0.3, 0.4) is 0 Å². The van der Waals surface area contributed by atoms with Gasteiger partial charge in [-0.15, -0.1) is 0 Å². The van der Waals surface area contributed by atoms with Crippen molar-refractivity contribution in [3.63, 3.8) is 0 Å². The number of aromatic hydroxyl groups is 1. The van der Waals surface area contributed by atoms with Crippen LogP contribution < -0.4 is 5.43 Å². The van der Waals surface area contributed by atoms with E-state index in [1.54, 1.807) is 0 Å². The summed E-state index contributed by atoms with van der Waals surface area (Å²) >= 11 is 0. The molecule has 7 heteroatoms. The zero-order valence-corrected chi connectivity index (χ0v) is 11.2. The first-order valence-electron chi connectivity index (χ1n) is 6.34. The predicted molar refractivity (Wildman–Crippen MR) is 74.6 cm³/mol. The van der Waals surface area contributed by atoms with E-state index in [4.69, 9.17) is 0 Å². The summed E-state index contributed by atoms with van der Waals surface area (Å²) in [5.41, 5.74) is 2.34. The molecule has 0 aliphatic rings. The molecule has 2 N–H and O–H groups in total. The number of benzene rings is 1. The number of hydrazone groups is 1. The highest BCUT2D eigenvalue weighted by atomic mass is 16.6. The lowest BCUT2D eigenvalue weighted by molar-refractivity contribution is -0.384. The first-order chi connectivity index (χ1) is 9.54. The number of hydrogen-bond acceptors (Lipinski definition) is 5. The van der Waals surface area contributed by atoms with Crippen molar-refractivity contribution < 1.29 is 14.8 Å². The van der Waals surface area contributed by atoms with Crippen LogP contribution in [0.25, 0.3) is 0 Å². The van der Waals surface area contributed by atoms with Gasteiger partial charge in [-0.05, 0) is 12.5 Å². The molecule has 0 saturated carbocycles. The lowest BCUT2D eigenvalue weighted by Gasteiger charge is -2.00. The summed E-state index contributed by atoms with van der Waals surface area (Å²) in [5.74, 6) is -0.362. The number of carbonyl (C=O) groups is 1. The number of hydrogen-bond donors (Lipinski definition) is 2. The summed E-state index contributed by atoms with van der Waals surface area (Å²) in [4.78, 5) is 21.4. The van der Waals surface area contributed by atoms with Crippen LogP contribution in [0.1, 0.15) is 38.2 Å². The lowest BCUT2D eigenvalue weighted by Crippen LogP contribution is -2.16. The molecule has 0 aliphatic heterocycles. The Morgan fingerprint density at radius 2 is 2.25 bits per heavy atom. The number of unbranched alkanes of at least 4 members (excludes halogenated alkanes) is 2. The van der Waals surface area contributed by atoms with Crippen LogP contribution in [0.15, 0.2) is 23.3 Å². The molecule has 0 aliphatic carbocycles. The van der Waals surface area contributed by atoms with E-state index in [2.05, 4.69) is 10.5 Å². The van der Waals surface area contributed by atoms with Crippen LogP contribution in [0.4, 0.5) is 5.69 Å². The highest BCUT2D eigenvalue weighted by molar-refractivity contribution is 5.85. The molecule has 7 nitrogen and oxygen atoms in total. The number of nitro benzene ring substituents is 1. The Kier molecular flexibility index (Phi) is 6.15. The van der Waals surface area contributed by atoms with Gasteiger partial charge in [-0.1, -0.05) is 19.8 Å². The lowest BCUT2D eigenvalue weighted by atomic mass is 10.2. The van der Waals surface area contributed by atoms with Gasteiger partial charge in [0, 0.05) is 24.1 Å². The number of nitro groups is 1. The van der Waals surface area contributed by atoms with Crippen LogP contribution in [-0.4, -0.2) is 22.2 Å². The third-order valence-electron chi connectivity index (χ3n) is 2.62. The molecule has 0 spiro atoms. The van der Waals surface area contributed by atoms with Crippen LogP contribution in [0.2, 0.25) is 0 Å². The summed E-state index contributed by atoms with van der Waals surface area (Å²) in [7, 11) is 0. The minimum Gasteiger partial charge on any atom is -0.507 e. The summed E-state index contributed by atoms with van der Waals surface area (Å²) in [6, 6.07) is 3.58. The van der Waals surface area contributed by atoms with E-state index in [9.17, 15) is 20.0 Å². The number of amides is 1. The Hall–Kier alpha value is -2.44. The molecular weight excluding hydrogens is 262 g/mol. The van der Waals surface area contributed by atoms with Gasteiger partial charge in [-0.25, -0.2) is 5.43 Å². The first kappa shape index (κ1) is 15.6. The Balaban J connectivity index is 2.59. The van der Waals surface area contributed by atoms with Crippen molar-refractivity contribution in [2.45, 2.75) is 32.6 Å². The summed E-state index contributed by atoms with van der Waals surface area (Å²) in [5, 5.41) is 23.8. The summed E-state index contributed by atoms with van der Waals surface area (Å²) in [6.07, 6.45) is 4.35. The molecule has 1 aromatic carbocycles. The van der Waals surface area contributed by atoms with Crippen molar-refractivity contribution >= 4 is 17.8 Å². The van der Waals surface area contributed by atoms with E-state index in [1.165, 1.54) is 24.4 Å². The van der Waals surface area contributed by atoms with E-state index >= 15 is 0 Å². The maximum absolute atomic E-state index is 11.4. The van der Waals surface area contributed by atoms with Gasteiger partial charge in [0.15, 0.2) is 0 Å². The van der Waals surface area contributed by atoms with Crippen molar-refractivity contribution in [1.82, 2.24) is 5.43 Å². The molecule has 0 aromatic heterocycles. The smallest absolute Gasteiger partial charge is 0.270 e. The van der Waals surface area contributed by atoms with Gasteiger partial charge < -0.3 is 5.11 Å². The fourth-order valence-corrected chi connectivity index (χ4v) is 1.52. The number of non-ortho nitro benzene ring substituents is 1. The second-order valence-corrected chi connectivity index (χ2v) is 4.25. The molecule has 0 heterocycles. The number of rotatable bonds is 7. The Labute approximate surface area is 116 Å². The van der Waals surface area contributed by atoms with E-state index < -0.39 is 4.92 Å². The molecule has 0 saturated heterocycles. The van der Waals surface area contributed by atoms with Crippen LogP contribution in [0, 0.1) is 10.1 Å². The Morgan fingerprint density at radius 3 is 2.90 bits per heavy atom. The zero-order chi connectivity index (χ0) is 15.0. The fraction of sp³-hybridized carbons (Fsp3) is 0.385. The monoisotopic (exact) mass is 279 g/mol. The van der Waals surface area contributed by atoms with Crippen LogP contribution in [-0.2, 0) is 4.79 Å². The molecule has 0 unspecified atom stereocenters. The van der Waals surface area contributed by atoms with Gasteiger partial charge >= 0.3 is 0 Å². The predicted octanol–water partition coefficient (Wildman–Crippen LogP) is 2.33. The molecule has 0 radical (unpaired) electrons. The normalized spacial score (nSPS) is 10.7. The maximum atomic E-state index is 11.4. The fourth-order valence-electron chi connectivity index (χ4n) is 1.52. The molecule has 0 fully saturated rings. The highest BCUT2D eigenvalue weighted by Crippen LogP contribution is 2.21. The molecule has 108 valence electrons. The Bertz CT molecular complexity index is 514. The molecule has 20 heavy (non-hydrogen) atoms. The molecule has 1 amide bonds. The minimum atomic E-state index is -0.569. The van der Waals surface area contributed by atoms with Gasteiger partial charge in [0.05, 0.1) is 11.1 Å². The number of phenolic OH excluding ortho intramolecular Hbond substituents is 1. The summed E-state index contributed by atoms with van der Waals surface area (Å²) in [6.45, 7) is 2.04. The van der Waals surface area contributed by atoms with Crippen molar-refractivity contribution in [2.75, 3.05) is 0 Å². The SMILES string of the molecule is CCCCCC(=O)N/N=C\c1cc([N+](=O)[O-])ccc1O. The molecule has 0 bridgehead atoms. The van der Waals surface area contributed by atoms with Gasteiger partial charge in [-0.3, -0.25) is 14.9 Å². The van der Waals surface area contributed by atoms with Crippen LogP contribution >= 0.6 is 0 Å². The molecule has 1 aromatic rings. The largest absolute Gasteiger partial charge is 0.507 e. The van der Waals surface area contributed by atoms with E-state index in [1.807, 2.05) is 6.92 Å². The maximum Gasteiger partial charge on any atom is 0.270 e. The Morgan fingerprint density at radius 1 is 1.50 bits per heavy atom. The topological polar surface area (TPSA) is 105 Å². The third-order valence-corrected chi connectivity index (χ3v) is 2.62. The second kappa shape index (κ2) is 7.88. The minimum absolute atomic E-state index is 0.139. The van der Waals surface area contributed by atoms with Gasteiger partial charge in [0.25, 0.3) is 5.69 Å². The molecular formula is C13H17N3O4. The molecule has 0 atom stereocenters. The van der Waals surface area contributed by atoms with E-state index in [-0.39, 0.29) is 22.9 Å². The second-order valence-electron chi connectivity index (χ2n) is 4.25. The number of nitrogens with one attached hydrogen (secondary N) is 1. The zero-order valence-electron chi connectivity index (χ0n) is 11.2. The average Bonchev–Trinajstić information content (AvgIpc) is 2.41. The first-order valence-corrected chi connectivity index (χ1v) is 6.34. The van der Waals surface area contributed by atoms with E-state index in [0.29, 0.717) is 6.42 Å². The highest BCUT2D eigenvalue weighted by Gasteiger charge is 2.08. The van der Waals surface area contributed by atoms with Gasteiger partial charge in [-0.2, -0.15) is 5.10 Å².